The van der Waals surface area contributed by atoms with Gasteiger partial charge >= 0.3 is 0 Å². The van der Waals surface area contributed by atoms with Gasteiger partial charge in [-0.15, -0.1) is 0 Å². The molecule has 1 aliphatic carbocycles. The Morgan fingerprint density at radius 2 is 1.89 bits per heavy atom. The largest absolute Gasteiger partial charge is 0.506 e. The van der Waals surface area contributed by atoms with Crippen LogP contribution in [0.1, 0.15) is 32.1 Å². The summed E-state index contributed by atoms with van der Waals surface area (Å²) >= 11 is 0. The minimum atomic E-state index is -3.35. The first-order chi connectivity index (χ1) is 8.57. The van der Waals surface area contributed by atoms with Crippen molar-refractivity contribution in [2.75, 3.05) is 11.9 Å². The SMILES string of the molecule is O=S1(=O)c2cccc(O)c2NCC12CCCCC2. The average molecular weight is 267 g/mol. The molecule has 1 aliphatic heterocycles. The van der Waals surface area contributed by atoms with Crippen molar-refractivity contribution < 1.29 is 13.5 Å². The van der Waals surface area contributed by atoms with Gasteiger partial charge in [-0.3, -0.25) is 0 Å². The van der Waals surface area contributed by atoms with Crippen LogP contribution < -0.4 is 5.32 Å². The van der Waals surface area contributed by atoms with Crippen molar-refractivity contribution in [1.82, 2.24) is 0 Å². The molecular weight excluding hydrogens is 250 g/mol. The molecule has 5 heteroatoms. The van der Waals surface area contributed by atoms with E-state index < -0.39 is 14.6 Å². The summed E-state index contributed by atoms with van der Waals surface area (Å²) < 4.78 is 24.9. The van der Waals surface area contributed by atoms with Gasteiger partial charge in [-0.25, -0.2) is 8.42 Å². The van der Waals surface area contributed by atoms with Crippen molar-refractivity contribution in [3.8, 4) is 5.75 Å². The summed E-state index contributed by atoms with van der Waals surface area (Å²) in [6.45, 7) is 0.417. The predicted octanol–water partition coefficient (Wildman–Crippen LogP) is 2.29. The lowest BCUT2D eigenvalue weighted by Crippen LogP contribution is -2.49. The molecule has 0 radical (unpaired) electrons. The van der Waals surface area contributed by atoms with Crippen molar-refractivity contribution in [3.05, 3.63) is 18.2 Å². The Hall–Kier alpha value is -1.23. The highest BCUT2D eigenvalue weighted by Crippen LogP contribution is 2.46. The Morgan fingerprint density at radius 1 is 1.17 bits per heavy atom. The molecule has 0 aromatic heterocycles. The van der Waals surface area contributed by atoms with Crippen LogP contribution in [0.3, 0.4) is 0 Å². The van der Waals surface area contributed by atoms with Crippen LogP contribution in [0.25, 0.3) is 0 Å². The normalized spacial score (nSPS) is 24.2. The number of anilines is 1. The predicted molar refractivity (Wildman–Crippen MR) is 69.6 cm³/mol. The van der Waals surface area contributed by atoms with E-state index in [2.05, 4.69) is 5.32 Å². The number of benzene rings is 1. The number of phenols is 1. The number of aromatic hydroxyl groups is 1. The fraction of sp³-hybridized carbons (Fsp3) is 0.538. The van der Waals surface area contributed by atoms with E-state index in [0.717, 1.165) is 32.1 Å². The van der Waals surface area contributed by atoms with Gasteiger partial charge in [0.15, 0.2) is 9.84 Å². The van der Waals surface area contributed by atoms with Crippen LogP contribution in [0.15, 0.2) is 23.1 Å². The minimum Gasteiger partial charge on any atom is -0.506 e. The zero-order chi connectivity index (χ0) is 12.8. The van der Waals surface area contributed by atoms with E-state index in [9.17, 15) is 13.5 Å². The standard InChI is InChI=1S/C13H17NO3S/c15-10-5-4-6-11-12(10)14-9-13(18(11,16)17)7-2-1-3-8-13/h4-6,14-15H,1-3,7-9H2. The van der Waals surface area contributed by atoms with Crippen LogP contribution in [0, 0.1) is 0 Å². The lowest BCUT2D eigenvalue weighted by atomic mass is 9.88. The molecule has 1 saturated carbocycles. The van der Waals surface area contributed by atoms with Gasteiger partial charge in [-0.2, -0.15) is 0 Å². The Balaban J connectivity index is 2.16. The topological polar surface area (TPSA) is 66.4 Å². The molecule has 1 fully saturated rings. The zero-order valence-electron chi connectivity index (χ0n) is 10.1. The van der Waals surface area contributed by atoms with E-state index in [1.165, 1.54) is 6.07 Å². The molecule has 18 heavy (non-hydrogen) atoms. The fourth-order valence-electron chi connectivity index (χ4n) is 3.14. The van der Waals surface area contributed by atoms with Gasteiger partial charge in [0.1, 0.15) is 5.75 Å². The molecule has 1 aromatic rings. The summed E-state index contributed by atoms with van der Waals surface area (Å²) in [6, 6.07) is 4.70. The summed E-state index contributed by atoms with van der Waals surface area (Å²) in [7, 11) is -3.35. The maximum atomic E-state index is 12.8. The van der Waals surface area contributed by atoms with Gasteiger partial charge in [0.25, 0.3) is 0 Å². The number of hydrogen-bond donors (Lipinski definition) is 2. The number of para-hydroxylation sites is 1. The number of phenolic OH excluding ortho intramolecular Hbond substituents is 1. The monoisotopic (exact) mass is 267 g/mol. The Morgan fingerprint density at radius 3 is 2.61 bits per heavy atom. The molecular formula is C13H17NO3S. The molecule has 1 heterocycles. The molecule has 0 unspecified atom stereocenters. The smallest absolute Gasteiger partial charge is 0.187 e. The first kappa shape index (κ1) is 11.8. The Labute approximate surface area is 107 Å². The number of nitrogens with one attached hydrogen (secondary N) is 1. The summed E-state index contributed by atoms with van der Waals surface area (Å²) in [5, 5.41) is 12.9. The molecule has 1 aromatic carbocycles. The molecule has 98 valence electrons. The first-order valence-electron chi connectivity index (χ1n) is 6.37. The van der Waals surface area contributed by atoms with Crippen LogP contribution >= 0.6 is 0 Å². The zero-order valence-corrected chi connectivity index (χ0v) is 11.0. The second-order valence-electron chi connectivity index (χ2n) is 5.25. The molecule has 4 nitrogen and oxygen atoms in total. The Kier molecular flexibility index (Phi) is 2.55. The average Bonchev–Trinajstić information content (AvgIpc) is 2.36. The molecule has 0 atom stereocenters. The van der Waals surface area contributed by atoms with Crippen LogP contribution in [0.4, 0.5) is 5.69 Å². The second-order valence-corrected chi connectivity index (χ2v) is 7.56. The number of hydrogen-bond acceptors (Lipinski definition) is 4. The van der Waals surface area contributed by atoms with Gasteiger partial charge in [0.05, 0.1) is 15.3 Å². The van der Waals surface area contributed by atoms with Gasteiger partial charge in [-0.1, -0.05) is 25.3 Å². The third-order valence-electron chi connectivity index (χ3n) is 4.22. The van der Waals surface area contributed by atoms with E-state index >= 15 is 0 Å². The van der Waals surface area contributed by atoms with E-state index in [4.69, 9.17) is 0 Å². The summed E-state index contributed by atoms with van der Waals surface area (Å²) in [6.07, 6.45) is 4.49. The number of rotatable bonds is 0. The maximum Gasteiger partial charge on any atom is 0.187 e. The van der Waals surface area contributed by atoms with E-state index in [0.29, 0.717) is 12.2 Å². The molecule has 2 N–H and O–H groups in total. The summed E-state index contributed by atoms with van der Waals surface area (Å²) in [5.74, 6) is 0.0155. The van der Waals surface area contributed by atoms with Crippen LogP contribution in [-0.2, 0) is 9.84 Å². The highest BCUT2D eigenvalue weighted by molar-refractivity contribution is 7.93. The van der Waals surface area contributed by atoms with Crippen molar-refractivity contribution >= 4 is 15.5 Å². The Bertz CT molecular complexity index is 574. The van der Waals surface area contributed by atoms with E-state index in [-0.39, 0.29) is 10.6 Å². The quantitative estimate of drug-likeness (QED) is 0.708. The van der Waals surface area contributed by atoms with Gasteiger partial charge in [-0.05, 0) is 25.0 Å². The third-order valence-corrected chi connectivity index (χ3v) is 6.83. The number of sulfone groups is 1. The maximum absolute atomic E-state index is 12.8. The fourth-order valence-corrected chi connectivity index (χ4v) is 5.40. The minimum absolute atomic E-state index is 0.0155. The van der Waals surface area contributed by atoms with Crippen molar-refractivity contribution in [2.45, 2.75) is 41.7 Å². The first-order valence-corrected chi connectivity index (χ1v) is 7.86. The van der Waals surface area contributed by atoms with Crippen molar-refractivity contribution in [1.29, 1.82) is 0 Å². The second kappa shape index (κ2) is 3.88. The summed E-state index contributed by atoms with van der Waals surface area (Å²) in [5.41, 5.74) is 0.369. The number of fused-ring (bicyclic) bond motifs is 1. The van der Waals surface area contributed by atoms with E-state index in [1.54, 1.807) is 12.1 Å². The lowest BCUT2D eigenvalue weighted by Gasteiger charge is -2.40. The van der Waals surface area contributed by atoms with Gasteiger partial charge < -0.3 is 10.4 Å². The van der Waals surface area contributed by atoms with Gasteiger partial charge in [0.2, 0.25) is 0 Å². The lowest BCUT2D eigenvalue weighted by molar-refractivity contribution is 0.379. The van der Waals surface area contributed by atoms with Gasteiger partial charge in [0, 0.05) is 6.54 Å². The highest BCUT2D eigenvalue weighted by Gasteiger charge is 2.49. The molecule has 0 amide bonds. The molecule has 3 rings (SSSR count). The van der Waals surface area contributed by atoms with Crippen LogP contribution in [0.2, 0.25) is 0 Å². The third kappa shape index (κ3) is 1.46. The van der Waals surface area contributed by atoms with Crippen LogP contribution in [-0.4, -0.2) is 24.8 Å². The summed E-state index contributed by atoms with van der Waals surface area (Å²) in [4.78, 5) is 0.260. The molecule has 2 aliphatic rings. The van der Waals surface area contributed by atoms with Crippen molar-refractivity contribution in [3.63, 3.8) is 0 Å². The van der Waals surface area contributed by atoms with E-state index in [1.807, 2.05) is 0 Å². The molecule has 1 spiro atoms. The van der Waals surface area contributed by atoms with Crippen molar-refractivity contribution in [2.24, 2.45) is 0 Å². The molecule has 0 bridgehead atoms. The van der Waals surface area contributed by atoms with Crippen LogP contribution in [0.5, 0.6) is 5.75 Å². The highest BCUT2D eigenvalue weighted by atomic mass is 32.2. The molecule has 0 saturated heterocycles.